The largest absolute Gasteiger partial charge is 0.454 e. The van der Waals surface area contributed by atoms with Crippen LogP contribution in [0.1, 0.15) is 54.1 Å². The Balaban J connectivity index is 1.72. The molecule has 0 unspecified atom stereocenters. The van der Waals surface area contributed by atoms with Crippen molar-refractivity contribution < 1.29 is 19.1 Å². The molecule has 27 heavy (non-hydrogen) atoms. The Morgan fingerprint density at radius 3 is 2.41 bits per heavy atom. The molecule has 1 fully saturated rings. The van der Waals surface area contributed by atoms with E-state index in [0.29, 0.717) is 11.5 Å². The molecular formula is C21H30N2O4. The summed E-state index contributed by atoms with van der Waals surface area (Å²) in [6.45, 7) is 5.57. The Kier molecular flexibility index (Phi) is 7.39. The molecule has 1 aromatic carbocycles. The van der Waals surface area contributed by atoms with E-state index >= 15 is 0 Å². The summed E-state index contributed by atoms with van der Waals surface area (Å²) in [5.74, 6) is -0.451. The minimum absolute atomic E-state index is 0.205. The first-order valence-electron chi connectivity index (χ1n) is 9.54. The van der Waals surface area contributed by atoms with Gasteiger partial charge in [0.05, 0.1) is 0 Å². The highest BCUT2D eigenvalue weighted by atomic mass is 16.5. The van der Waals surface area contributed by atoms with Crippen LogP contribution in [-0.2, 0) is 14.3 Å². The molecule has 1 aromatic rings. The number of hydrogen-bond acceptors (Lipinski definition) is 4. The van der Waals surface area contributed by atoms with Crippen molar-refractivity contribution >= 4 is 17.8 Å². The van der Waals surface area contributed by atoms with Crippen LogP contribution in [0.4, 0.5) is 0 Å². The molecule has 6 heteroatoms. The number of carbonyl (C=O) groups is 3. The first kappa shape index (κ1) is 20.9. The van der Waals surface area contributed by atoms with Crippen LogP contribution in [-0.4, -0.2) is 48.9 Å². The number of amides is 2. The van der Waals surface area contributed by atoms with Gasteiger partial charge in [0.15, 0.2) is 6.61 Å². The predicted molar refractivity (Wildman–Crippen MR) is 103 cm³/mol. The van der Waals surface area contributed by atoms with E-state index in [0.717, 1.165) is 36.8 Å². The van der Waals surface area contributed by atoms with Crippen molar-refractivity contribution in [2.75, 3.05) is 20.2 Å². The second-order valence-electron chi connectivity index (χ2n) is 7.56. The van der Waals surface area contributed by atoms with E-state index in [4.69, 9.17) is 4.74 Å². The van der Waals surface area contributed by atoms with Gasteiger partial charge in [0, 0.05) is 18.7 Å². The lowest BCUT2D eigenvalue weighted by Gasteiger charge is -2.33. The molecule has 0 aliphatic heterocycles. The van der Waals surface area contributed by atoms with E-state index in [2.05, 4.69) is 12.2 Å². The van der Waals surface area contributed by atoms with Crippen LogP contribution >= 0.6 is 0 Å². The molecule has 1 N–H and O–H groups in total. The molecule has 0 heterocycles. The third kappa shape index (κ3) is 6.08. The maximum atomic E-state index is 12.2. The van der Waals surface area contributed by atoms with Crippen molar-refractivity contribution in [1.82, 2.24) is 10.2 Å². The number of likely N-dealkylation sites (N-methyl/N-ethyl adjacent to an activating group) is 1. The molecule has 2 amide bonds. The summed E-state index contributed by atoms with van der Waals surface area (Å²) < 4.78 is 5.02. The number of nitrogens with one attached hydrogen (secondary N) is 1. The van der Waals surface area contributed by atoms with E-state index in [9.17, 15) is 14.4 Å². The lowest BCUT2D eigenvalue weighted by atomic mass is 9.87. The molecule has 6 nitrogen and oxygen atoms in total. The Hall–Kier alpha value is -2.37. The van der Waals surface area contributed by atoms with Crippen LogP contribution in [0.15, 0.2) is 18.2 Å². The minimum Gasteiger partial charge on any atom is -0.454 e. The maximum Gasteiger partial charge on any atom is 0.325 e. The number of ether oxygens (including phenoxy) is 1. The van der Waals surface area contributed by atoms with Gasteiger partial charge in [-0.1, -0.05) is 13.0 Å². The average molecular weight is 374 g/mol. The molecule has 148 valence electrons. The molecule has 0 spiro atoms. The van der Waals surface area contributed by atoms with Gasteiger partial charge in [-0.25, -0.2) is 0 Å². The van der Waals surface area contributed by atoms with Crippen LogP contribution in [0.3, 0.4) is 0 Å². The molecule has 0 atom stereocenters. The number of aryl methyl sites for hydroxylation is 2. The van der Waals surface area contributed by atoms with Gasteiger partial charge >= 0.3 is 5.97 Å². The summed E-state index contributed by atoms with van der Waals surface area (Å²) in [5, 5.41) is 2.53. The highest BCUT2D eigenvalue weighted by molar-refractivity contribution is 5.96. The van der Waals surface area contributed by atoms with Gasteiger partial charge in [0.1, 0.15) is 6.54 Å². The fraction of sp³-hybridized carbons (Fsp3) is 0.571. The molecule has 1 saturated carbocycles. The minimum atomic E-state index is -0.619. The fourth-order valence-corrected chi connectivity index (χ4v) is 3.27. The molecular weight excluding hydrogens is 344 g/mol. The van der Waals surface area contributed by atoms with Crippen LogP contribution in [0.2, 0.25) is 0 Å². The molecule has 1 aliphatic rings. The zero-order valence-corrected chi connectivity index (χ0v) is 16.7. The number of nitrogens with zero attached hydrogens (tertiary/aromatic N) is 1. The van der Waals surface area contributed by atoms with Crippen LogP contribution in [0.25, 0.3) is 0 Å². The van der Waals surface area contributed by atoms with Crippen LogP contribution in [0, 0.1) is 19.8 Å². The normalized spacial score (nSPS) is 19.3. The maximum absolute atomic E-state index is 12.2. The number of hydrogen-bond donors (Lipinski definition) is 1. The zero-order chi connectivity index (χ0) is 20.0. The molecule has 1 aliphatic carbocycles. The van der Waals surface area contributed by atoms with E-state index in [1.165, 1.54) is 0 Å². The number of rotatable bonds is 6. The van der Waals surface area contributed by atoms with Crippen molar-refractivity contribution in [2.45, 2.75) is 52.5 Å². The smallest absolute Gasteiger partial charge is 0.325 e. The number of esters is 1. The van der Waals surface area contributed by atoms with Gasteiger partial charge in [0.25, 0.3) is 11.8 Å². The van der Waals surface area contributed by atoms with Gasteiger partial charge in [-0.05, 0) is 68.7 Å². The van der Waals surface area contributed by atoms with Crippen molar-refractivity contribution in [3.8, 4) is 0 Å². The summed E-state index contributed by atoms with van der Waals surface area (Å²) >= 11 is 0. The first-order chi connectivity index (χ1) is 12.8. The Bertz CT molecular complexity index is 693. The van der Waals surface area contributed by atoms with E-state index in [1.54, 1.807) is 24.1 Å². The zero-order valence-electron chi connectivity index (χ0n) is 16.7. The lowest BCUT2D eigenvalue weighted by molar-refractivity contribution is -0.151. The monoisotopic (exact) mass is 374 g/mol. The molecule has 0 aromatic heterocycles. The van der Waals surface area contributed by atoms with E-state index in [-0.39, 0.29) is 31.0 Å². The summed E-state index contributed by atoms with van der Waals surface area (Å²) in [5.41, 5.74) is 2.60. The molecule has 0 bridgehead atoms. The quantitative estimate of drug-likeness (QED) is 0.777. The highest BCUT2D eigenvalue weighted by Crippen LogP contribution is 2.26. The predicted octanol–water partition coefficient (Wildman–Crippen LogP) is 2.61. The van der Waals surface area contributed by atoms with Crippen molar-refractivity contribution in [3.63, 3.8) is 0 Å². The second-order valence-corrected chi connectivity index (χ2v) is 7.56. The standard InChI is InChI=1S/C21H30N2O4/c1-14-5-9-18(10-6-14)23(4)19(24)13-27-20(25)12-22-21(26)17-8-7-15(2)16(3)11-17/h7-8,11,14,18H,5-6,9-10,12-13H2,1-4H3,(H,22,26). The van der Waals surface area contributed by atoms with Crippen LogP contribution in [0.5, 0.6) is 0 Å². The lowest BCUT2D eigenvalue weighted by Crippen LogP contribution is -2.42. The summed E-state index contributed by atoms with van der Waals surface area (Å²) in [6.07, 6.45) is 4.21. The van der Waals surface area contributed by atoms with Crippen molar-refractivity contribution in [3.05, 3.63) is 34.9 Å². The third-order valence-electron chi connectivity index (χ3n) is 5.45. The van der Waals surface area contributed by atoms with E-state index in [1.807, 2.05) is 19.9 Å². The molecule has 2 rings (SSSR count). The summed E-state index contributed by atoms with van der Waals surface area (Å²) in [7, 11) is 1.76. The Morgan fingerprint density at radius 2 is 1.78 bits per heavy atom. The van der Waals surface area contributed by atoms with Crippen molar-refractivity contribution in [2.24, 2.45) is 5.92 Å². The Labute approximate surface area is 161 Å². The Morgan fingerprint density at radius 1 is 1.11 bits per heavy atom. The summed E-state index contributed by atoms with van der Waals surface area (Å²) in [4.78, 5) is 37.8. The topological polar surface area (TPSA) is 75.7 Å². The van der Waals surface area contributed by atoms with Gasteiger partial charge in [-0.3, -0.25) is 14.4 Å². The number of carbonyl (C=O) groups excluding carboxylic acids is 3. The molecule has 0 radical (unpaired) electrons. The van der Waals surface area contributed by atoms with E-state index < -0.39 is 5.97 Å². The summed E-state index contributed by atoms with van der Waals surface area (Å²) in [6, 6.07) is 5.58. The van der Waals surface area contributed by atoms with Gasteiger partial charge in [-0.15, -0.1) is 0 Å². The molecule has 0 saturated heterocycles. The average Bonchev–Trinajstić information content (AvgIpc) is 2.66. The van der Waals surface area contributed by atoms with Gasteiger partial charge < -0.3 is 15.0 Å². The fourth-order valence-electron chi connectivity index (χ4n) is 3.27. The van der Waals surface area contributed by atoms with Crippen molar-refractivity contribution in [1.29, 1.82) is 0 Å². The second kappa shape index (κ2) is 9.53. The van der Waals surface area contributed by atoms with Gasteiger partial charge in [-0.2, -0.15) is 0 Å². The third-order valence-corrected chi connectivity index (χ3v) is 5.45. The van der Waals surface area contributed by atoms with Gasteiger partial charge in [0.2, 0.25) is 0 Å². The number of benzene rings is 1. The highest BCUT2D eigenvalue weighted by Gasteiger charge is 2.25. The first-order valence-corrected chi connectivity index (χ1v) is 9.54. The van der Waals surface area contributed by atoms with Crippen LogP contribution < -0.4 is 5.32 Å². The SMILES string of the molecule is Cc1ccc(C(=O)NCC(=O)OCC(=O)N(C)C2CCC(C)CC2)cc1C.